The molecule has 1 rings (SSSR count). The first-order valence-electron chi connectivity index (χ1n) is 5.09. The van der Waals surface area contributed by atoms with Crippen LogP contribution in [0.1, 0.15) is 37.0 Å². The van der Waals surface area contributed by atoms with Crippen molar-refractivity contribution in [1.82, 2.24) is 0 Å². The molecule has 0 fully saturated rings. The van der Waals surface area contributed by atoms with Gasteiger partial charge in [-0.25, -0.2) is 0 Å². The summed E-state index contributed by atoms with van der Waals surface area (Å²) in [7, 11) is 0. The summed E-state index contributed by atoms with van der Waals surface area (Å²) in [6.45, 7) is 4.09. The van der Waals surface area contributed by atoms with Crippen molar-refractivity contribution in [3.63, 3.8) is 0 Å². The highest BCUT2D eigenvalue weighted by atomic mass is 127. The van der Waals surface area contributed by atoms with Gasteiger partial charge in [-0.1, -0.05) is 25.4 Å². The van der Waals surface area contributed by atoms with E-state index < -0.39 is 0 Å². The molecule has 0 aliphatic carbocycles. The molecule has 0 saturated heterocycles. The van der Waals surface area contributed by atoms with Gasteiger partial charge in [0.15, 0.2) is 5.78 Å². The molecule has 15 heavy (non-hydrogen) atoms. The zero-order valence-corrected chi connectivity index (χ0v) is 11.8. The highest BCUT2D eigenvalue weighted by Gasteiger charge is 2.18. The van der Waals surface area contributed by atoms with E-state index in [-0.39, 0.29) is 11.7 Å². The van der Waals surface area contributed by atoms with Gasteiger partial charge in [0, 0.05) is 20.1 Å². The molecule has 0 radical (unpaired) electrons. The van der Waals surface area contributed by atoms with Crippen LogP contribution in [0.15, 0.2) is 18.2 Å². The lowest BCUT2D eigenvalue weighted by Gasteiger charge is -2.12. The van der Waals surface area contributed by atoms with Crippen molar-refractivity contribution in [3.8, 4) is 0 Å². The third-order valence-electron chi connectivity index (χ3n) is 2.55. The first-order valence-corrected chi connectivity index (χ1v) is 6.55. The van der Waals surface area contributed by atoms with Crippen LogP contribution in [0.5, 0.6) is 0 Å². The predicted molar refractivity (Wildman–Crippen MR) is 72.6 cm³/mol. The lowest BCUT2D eigenvalue weighted by molar-refractivity contribution is 0.0912. The van der Waals surface area contributed by atoms with Crippen LogP contribution in [0.4, 0.5) is 0 Å². The van der Waals surface area contributed by atoms with Gasteiger partial charge in [0.2, 0.25) is 0 Å². The van der Waals surface area contributed by atoms with Crippen LogP contribution in [-0.2, 0) is 0 Å². The molecule has 3 heteroatoms. The quantitative estimate of drug-likeness (QED) is 0.582. The van der Waals surface area contributed by atoms with Crippen LogP contribution in [-0.4, -0.2) is 5.78 Å². The second-order valence-electron chi connectivity index (χ2n) is 3.50. The monoisotopic (exact) mass is 336 g/mol. The molecule has 0 aromatic heterocycles. The predicted octanol–water partition coefficient (Wildman–Crippen LogP) is 4.56. The fourth-order valence-electron chi connectivity index (χ4n) is 1.57. The number of halogens is 2. The van der Waals surface area contributed by atoms with Gasteiger partial charge in [-0.15, -0.1) is 0 Å². The smallest absolute Gasteiger partial charge is 0.167 e. The minimum atomic E-state index is 0.122. The van der Waals surface area contributed by atoms with E-state index in [2.05, 4.69) is 22.6 Å². The average Bonchev–Trinajstić information content (AvgIpc) is 2.23. The van der Waals surface area contributed by atoms with E-state index >= 15 is 0 Å². The molecule has 1 aromatic carbocycles. The zero-order chi connectivity index (χ0) is 11.4. The van der Waals surface area contributed by atoms with Crippen molar-refractivity contribution in [3.05, 3.63) is 32.4 Å². The Kier molecular flexibility index (Phi) is 5.06. The second-order valence-corrected chi connectivity index (χ2v) is 5.10. The van der Waals surface area contributed by atoms with Gasteiger partial charge in [0.25, 0.3) is 0 Å². The van der Waals surface area contributed by atoms with E-state index in [4.69, 9.17) is 11.6 Å². The molecule has 0 saturated carbocycles. The average molecular weight is 337 g/mol. The van der Waals surface area contributed by atoms with Gasteiger partial charge >= 0.3 is 0 Å². The third-order valence-corrected chi connectivity index (χ3v) is 3.73. The summed E-state index contributed by atoms with van der Waals surface area (Å²) in [4.78, 5) is 12.1. The van der Waals surface area contributed by atoms with Crippen LogP contribution in [0, 0.1) is 9.49 Å². The Labute approximate surface area is 109 Å². The van der Waals surface area contributed by atoms with Gasteiger partial charge < -0.3 is 0 Å². The third kappa shape index (κ3) is 3.18. The maximum atomic E-state index is 12.1. The van der Waals surface area contributed by atoms with E-state index in [9.17, 15) is 4.79 Å². The lowest BCUT2D eigenvalue weighted by atomic mass is 9.93. The maximum Gasteiger partial charge on any atom is 0.167 e. The molecule has 0 N–H and O–H groups in total. The van der Waals surface area contributed by atoms with Crippen LogP contribution >= 0.6 is 34.2 Å². The number of benzene rings is 1. The second kappa shape index (κ2) is 5.85. The minimum Gasteiger partial charge on any atom is -0.294 e. The van der Waals surface area contributed by atoms with Crippen LogP contribution < -0.4 is 0 Å². The van der Waals surface area contributed by atoms with Crippen molar-refractivity contribution in [2.75, 3.05) is 0 Å². The topological polar surface area (TPSA) is 17.1 Å². The van der Waals surface area contributed by atoms with Crippen LogP contribution in [0.3, 0.4) is 0 Å². The highest BCUT2D eigenvalue weighted by molar-refractivity contribution is 14.1. The van der Waals surface area contributed by atoms with Crippen molar-refractivity contribution in [1.29, 1.82) is 0 Å². The Bertz CT molecular complexity index is 359. The minimum absolute atomic E-state index is 0.122. The van der Waals surface area contributed by atoms with Gasteiger partial charge in [0.05, 0.1) is 0 Å². The van der Waals surface area contributed by atoms with Crippen molar-refractivity contribution in [2.24, 2.45) is 5.92 Å². The Morgan fingerprint density at radius 3 is 2.53 bits per heavy atom. The number of Topliss-reactive ketones (excluding diaryl/α,β-unsaturated/α-hetero) is 1. The molecule has 0 aliphatic rings. The van der Waals surface area contributed by atoms with E-state index in [1.165, 1.54) is 0 Å². The molecule has 1 aromatic rings. The molecule has 0 atom stereocenters. The summed E-state index contributed by atoms with van der Waals surface area (Å²) >= 11 is 8.08. The molecular formula is C12H14ClIO. The van der Waals surface area contributed by atoms with Gasteiger partial charge in [-0.2, -0.15) is 0 Å². The Hall–Kier alpha value is -0.0900. The fraction of sp³-hybridized carbons (Fsp3) is 0.417. The molecule has 0 bridgehead atoms. The van der Waals surface area contributed by atoms with Crippen molar-refractivity contribution < 1.29 is 4.79 Å². The first-order chi connectivity index (χ1) is 7.10. The van der Waals surface area contributed by atoms with E-state index in [1.54, 1.807) is 6.07 Å². The van der Waals surface area contributed by atoms with Gasteiger partial charge in [-0.3, -0.25) is 4.79 Å². The van der Waals surface area contributed by atoms with Crippen molar-refractivity contribution >= 4 is 40.0 Å². The number of hydrogen-bond donors (Lipinski definition) is 0. The first kappa shape index (κ1) is 13.0. The number of carbonyl (C=O) groups excluding carboxylic acids is 1. The normalized spacial score (nSPS) is 10.7. The molecule has 0 unspecified atom stereocenters. The van der Waals surface area contributed by atoms with Gasteiger partial charge in [-0.05, 0) is 53.6 Å². The molecular weight excluding hydrogens is 322 g/mol. The number of ketones is 1. The largest absolute Gasteiger partial charge is 0.294 e. The zero-order valence-electron chi connectivity index (χ0n) is 8.89. The summed E-state index contributed by atoms with van der Waals surface area (Å²) in [5.74, 6) is 0.337. The Balaban J connectivity index is 3.04. The van der Waals surface area contributed by atoms with E-state index in [1.807, 2.05) is 26.0 Å². The van der Waals surface area contributed by atoms with Gasteiger partial charge in [0.1, 0.15) is 0 Å². The summed E-state index contributed by atoms with van der Waals surface area (Å²) in [6, 6.07) is 5.47. The maximum absolute atomic E-state index is 12.1. The summed E-state index contributed by atoms with van der Waals surface area (Å²) in [5.41, 5.74) is 0.761. The van der Waals surface area contributed by atoms with Crippen LogP contribution in [0.2, 0.25) is 5.02 Å². The highest BCUT2D eigenvalue weighted by Crippen LogP contribution is 2.23. The summed E-state index contributed by atoms with van der Waals surface area (Å²) < 4.78 is 0.980. The molecule has 82 valence electrons. The lowest BCUT2D eigenvalue weighted by Crippen LogP contribution is -2.14. The fourth-order valence-corrected chi connectivity index (χ4v) is 2.34. The molecule has 0 spiro atoms. The molecule has 0 heterocycles. The Morgan fingerprint density at radius 2 is 2.00 bits per heavy atom. The molecule has 1 nitrogen and oxygen atoms in total. The molecule has 0 aliphatic heterocycles. The summed E-state index contributed by atoms with van der Waals surface area (Å²) in [5, 5.41) is 0.629. The van der Waals surface area contributed by atoms with E-state index in [0.29, 0.717) is 5.02 Å². The Morgan fingerprint density at radius 1 is 1.40 bits per heavy atom. The van der Waals surface area contributed by atoms with Crippen LogP contribution in [0.25, 0.3) is 0 Å². The molecule has 0 amide bonds. The SMILES string of the molecule is CCC(CC)C(=O)c1cc(Cl)ccc1I. The standard InChI is InChI=1S/C12H14ClIO/c1-3-8(4-2)12(15)10-7-9(13)5-6-11(10)14/h5-8H,3-4H2,1-2H3. The summed E-state index contributed by atoms with van der Waals surface area (Å²) in [6.07, 6.45) is 1.77. The number of carbonyl (C=O) groups is 1. The van der Waals surface area contributed by atoms with E-state index in [0.717, 1.165) is 22.0 Å². The number of hydrogen-bond acceptors (Lipinski definition) is 1. The van der Waals surface area contributed by atoms with Crippen molar-refractivity contribution in [2.45, 2.75) is 26.7 Å². The number of rotatable bonds is 4.